The Labute approximate surface area is 193 Å². The minimum absolute atomic E-state index is 0.0293. The molecule has 1 aromatic carbocycles. The molecule has 3 heterocycles. The van der Waals surface area contributed by atoms with E-state index in [0.29, 0.717) is 49.6 Å². The Morgan fingerprint density at radius 3 is 2.52 bits per heavy atom. The third-order valence-corrected chi connectivity index (χ3v) is 6.79. The van der Waals surface area contributed by atoms with Gasteiger partial charge in [0.05, 0.1) is 30.8 Å². The maximum absolute atomic E-state index is 12.7. The first-order valence-corrected chi connectivity index (χ1v) is 11.6. The minimum atomic E-state index is 0.0293. The van der Waals surface area contributed by atoms with Gasteiger partial charge in [-0.2, -0.15) is 0 Å². The van der Waals surface area contributed by atoms with Crippen LogP contribution in [0.4, 0.5) is 17.2 Å². The third-order valence-electron chi connectivity index (χ3n) is 6.79. The molecule has 5 rings (SSSR count). The van der Waals surface area contributed by atoms with E-state index in [2.05, 4.69) is 10.4 Å². The van der Waals surface area contributed by atoms with Gasteiger partial charge in [-0.05, 0) is 56.9 Å². The standard InChI is InChI=1S/C24H31N7O2/c1-15-21(27-19-8-4-17(5-9-19)24(32)30-10-12-33-13-11-30)23-28-20(14-31(23)29-22(15)26)16-2-6-18(25)7-3-16/h4-5,8-9,14,16,18,27H,2-3,6-7,10-13,25H2,1H3,(H2,26,29). The Balaban J connectivity index is 1.39. The molecule has 0 radical (unpaired) electrons. The van der Waals surface area contributed by atoms with E-state index < -0.39 is 0 Å². The molecular weight excluding hydrogens is 418 g/mol. The van der Waals surface area contributed by atoms with E-state index in [1.54, 1.807) is 4.52 Å². The largest absolute Gasteiger partial charge is 0.382 e. The van der Waals surface area contributed by atoms with Crippen LogP contribution in [0.25, 0.3) is 5.65 Å². The fraction of sp³-hybridized carbons (Fsp3) is 0.458. The number of imidazole rings is 1. The van der Waals surface area contributed by atoms with Crippen LogP contribution in [0.15, 0.2) is 30.5 Å². The first kappa shape index (κ1) is 21.7. The summed E-state index contributed by atoms with van der Waals surface area (Å²) in [5.74, 6) is 0.881. The van der Waals surface area contributed by atoms with Crippen molar-refractivity contribution in [3.8, 4) is 0 Å². The Bertz CT molecular complexity index is 1140. The Morgan fingerprint density at radius 2 is 1.82 bits per heavy atom. The van der Waals surface area contributed by atoms with Crippen LogP contribution < -0.4 is 16.8 Å². The maximum atomic E-state index is 12.7. The topological polar surface area (TPSA) is 124 Å². The van der Waals surface area contributed by atoms with Gasteiger partial charge in [-0.3, -0.25) is 4.79 Å². The number of hydrogen-bond donors (Lipinski definition) is 3. The van der Waals surface area contributed by atoms with Crippen LogP contribution in [-0.2, 0) is 4.74 Å². The molecule has 1 amide bonds. The maximum Gasteiger partial charge on any atom is 0.254 e. The lowest BCUT2D eigenvalue weighted by Gasteiger charge is -2.26. The van der Waals surface area contributed by atoms with Crippen LogP contribution in [0, 0.1) is 6.92 Å². The number of carbonyl (C=O) groups excluding carboxylic acids is 1. The number of rotatable bonds is 4. The van der Waals surface area contributed by atoms with Gasteiger partial charge < -0.3 is 26.4 Å². The number of aromatic nitrogens is 3. The summed E-state index contributed by atoms with van der Waals surface area (Å²) in [6.07, 6.45) is 6.12. The molecule has 0 atom stereocenters. The van der Waals surface area contributed by atoms with E-state index in [1.807, 2.05) is 42.3 Å². The van der Waals surface area contributed by atoms with E-state index in [9.17, 15) is 4.79 Å². The Morgan fingerprint density at radius 1 is 1.12 bits per heavy atom. The second kappa shape index (κ2) is 8.99. The Kier molecular flexibility index (Phi) is 5.90. The number of amides is 1. The van der Waals surface area contributed by atoms with Crippen LogP contribution in [0.3, 0.4) is 0 Å². The zero-order valence-electron chi connectivity index (χ0n) is 19.0. The summed E-state index contributed by atoms with van der Waals surface area (Å²) >= 11 is 0. The molecule has 1 saturated carbocycles. The van der Waals surface area contributed by atoms with Crippen molar-refractivity contribution in [2.45, 2.75) is 44.6 Å². The van der Waals surface area contributed by atoms with Crippen molar-refractivity contribution >= 4 is 28.7 Å². The predicted octanol–water partition coefficient (Wildman–Crippen LogP) is 2.82. The van der Waals surface area contributed by atoms with Crippen LogP contribution in [-0.4, -0.2) is 57.8 Å². The van der Waals surface area contributed by atoms with Crippen molar-refractivity contribution in [3.05, 3.63) is 47.3 Å². The normalized spacial score (nSPS) is 21.3. The third kappa shape index (κ3) is 4.38. The van der Waals surface area contributed by atoms with Gasteiger partial charge in [-0.15, -0.1) is 5.10 Å². The monoisotopic (exact) mass is 449 g/mol. The van der Waals surface area contributed by atoms with Crippen molar-refractivity contribution in [3.63, 3.8) is 0 Å². The first-order chi connectivity index (χ1) is 16.0. The van der Waals surface area contributed by atoms with E-state index in [1.165, 1.54) is 0 Å². The summed E-state index contributed by atoms with van der Waals surface area (Å²) in [6, 6.07) is 7.81. The molecular formula is C24H31N7O2. The van der Waals surface area contributed by atoms with Gasteiger partial charge in [-0.1, -0.05) is 0 Å². The lowest BCUT2D eigenvalue weighted by atomic mass is 9.85. The molecule has 9 heteroatoms. The highest BCUT2D eigenvalue weighted by atomic mass is 16.5. The summed E-state index contributed by atoms with van der Waals surface area (Å²) in [6.45, 7) is 4.37. The second-order valence-electron chi connectivity index (χ2n) is 9.04. The number of nitrogens with zero attached hydrogens (tertiary/aromatic N) is 4. The molecule has 1 aliphatic heterocycles. The van der Waals surface area contributed by atoms with Gasteiger partial charge >= 0.3 is 0 Å². The highest BCUT2D eigenvalue weighted by Crippen LogP contribution is 2.34. The average molecular weight is 450 g/mol. The molecule has 5 N–H and O–H groups in total. The van der Waals surface area contributed by atoms with Crippen LogP contribution >= 0.6 is 0 Å². The first-order valence-electron chi connectivity index (χ1n) is 11.6. The summed E-state index contributed by atoms with van der Waals surface area (Å²) in [7, 11) is 0. The molecule has 2 fully saturated rings. The number of anilines is 3. The van der Waals surface area contributed by atoms with Gasteiger partial charge in [0, 0.05) is 41.9 Å². The average Bonchev–Trinajstić information content (AvgIpc) is 3.26. The van der Waals surface area contributed by atoms with Gasteiger partial charge in [-0.25, -0.2) is 9.50 Å². The van der Waals surface area contributed by atoms with Crippen LogP contribution in [0.2, 0.25) is 0 Å². The van der Waals surface area contributed by atoms with Crippen molar-refractivity contribution in [1.29, 1.82) is 0 Å². The van der Waals surface area contributed by atoms with Gasteiger partial charge in [0.15, 0.2) is 5.65 Å². The molecule has 1 saturated heterocycles. The molecule has 0 bridgehead atoms. The smallest absolute Gasteiger partial charge is 0.254 e. The Hall–Kier alpha value is -3.17. The number of nitrogens with one attached hydrogen (secondary N) is 1. The number of nitrogens with two attached hydrogens (primary N) is 2. The number of carbonyl (C=O) groups is 1. The molecule has 0 unspecified atom stereocenters. The lowest BCUT2D eigenvalue weighted by Crippen LogP contribution is -2.40. The quantitative estimate of drug-likeness (QED) is 0.559. The fourth-order valence-electron chi connectivity index (χ4n) is 4.67. The second-order valence-corrected chi connectivity index (χ2v) is 9.04. The predicted molar refractivity (Wildman–Crippen MR) is 128 cm³/mol. The van der Waals surface area contributed by atoms with Crippen molar-refractivity contribution in [2.24, 2.45) is 5.73 Å². The molecule has 2 aromatic heterocycles. The highest BCUT2D eigenvalue weighted by molar-refractivity contribution is 5.94. The van der Waals surface area contributed by atoms with E-state index in [4.69, 9.17) is 21.2 Å². The SMILES string of the molecule is Cc1c(N)nn2cc(C3CCC(N)CC3)nc2c1Nc1ccc(C(=O)N2CCOCC2)cc1. The van der Waals surface area contributed by atoms with Crippen molar-refractivity contribution < 1.29 is 9.53 Å². The van der Waals surface area contributed by atoms with Gasteiger partial charge in [0.2, 0.25) is 0 Å². The molecule has 174 valence electrons. The molecule has 2 aliphatic rings. The number of morpholine rings is 1. The number of nitrogen functional groups attached to an aromatic ring is 1. The van der Waals surface area contributed by atoms with Crippen LogP contribution in [0.5, 0.6) is 0 Å². The molecule has 0 spiro atoms. The van der Waals surface area contributed by atoms with Gasteiger partial charge in [0.25, 0.3) is 5.91 Å². The highest BCUT2D eigenvalue weighted by Gasteiger charge is 2.24. The van der Waals surface area contributed by atoms with Crippen molar-refractivity contribution in [2.75, 3.05) is 37.4 Å². The molecule has 33 heavy (non-hydrogen) atoms. The minimum Gasteiger partial charge on any atom is -0.382 e. The number of ether oxygens (including phenoxy) is 1. The van der Waals surface area contributed by atoms with Crippen molar-refractivity contribution in [1.82, 2.24) is 19.5 Å². The summed E-state index contributed by atoms with van der Waals surface area (Å²) in [5, 5.41) is 7.96. The number of fused-ring (bicyclic) bond motifs is 1. The molecule has 9 nitrogen and oxygen atoms in total. The molecule has 3 aromatic rings. The number of hydrogen-bond acceptors (Lipinski definition) is 7. The lowest BCUT2D eigenvalue weighted by molar-refractivity contribution is 0.0303. The summed E-state index contributed by atoms with van der Waals surface area (Å²) in [5.41, 5.74) is 17.3. The molecule has 1 aliphatic carbocycles. The van der Waals surface area contributed by atoms with E-state index in [0.717, 1.165) is 54.0 Å². The summed E-state index contributed by atoms with van der Waals surface area (Å²) < 4.78 is 7.11. The van der Waals surface area contributed by atoms with E-state index in [-0.39, 0.29) is 5.91 Å². The zero-order chi connectivity index (χ0) is 22.9. The van der Waals surface area contributed by atoms with Gasteiger partial charge in [0.1, 0.15) is 5.82 Å². The van der Waals surface area contributed by atoms with E-state index >= 15 is 0 Å². The fourth-order valence-corrected chi connectivity index (χ4v) is 4.67. The zero-order valence-corrected chi connectivity index (χ0v) is 19.0. The number of benzene rings is 1. The van der Waals surface area contributed by atoms with Crippen LogP contribution in [0.1, 0.15) is 53.2 Å². The summed E-state index contributed by atoms with van der Waals surface area (Å²) in [4.78, 5) is 19.5.